The molecule has 0 aliphatic carbocycles. The lowest BCUT2D eigenvalue weighted by atomic mass is 10.1. The van der Waals surface area contributed by atoms with Gasteiger partial charge >= 0.3 is 5.97 Å². The number of fused-ring (bicyclic) bond motifs is 1. The van der Waals surface area contributed by atoms with Crippen LogP contribution < -0.4 is 0 Å². The summed E-state index contributed by atoms with van der Waals surface area (Å²) in [6.07, 6.45) is 0. The lowest BCUT2D eigenvalue weighted by Crippen LogP contribution is -1.97. The summed E-state index contributed by atoms with van der Waals surface area (Å²) in [5.74, 6) is -1.01. The van der Waals surface area contributed by atoms with Gasteiger partial charge < -0.3 is 5.11 Å². The van der Waals surface area contributed by atoms with Gasteiger partial charge in [-0.2, -0.15) is 0 Å². The van der Waals surface area contributed by atoms with E-state index < -0.39 is 5.97 Å². The van der Waals surface area contributed by atoms with Crippen LogP contribution in [0.1, 0.15) is 10.4 Å². The maximum atomic E-state index is 10.9. The van der Waals surface area contributed by atoms with Crippen molar-refractivity contribution < 1.29 is 9.90 Å². The Morgan fingerprint density at radius 1 is 1.50 bits per heavy atom. The van der Waals surface area contributed by atoms with Crippen LogP contribution in [0.15, 0.2) is 22.4 Å². The number of thiol groups is 1. The van der Waals surface area contributed by atoms with Crippen LogP contribution in [-0.2, 0) is 0 Å². The number of halogens is 1. The van der Waals surface area contributed by atoms with Crippen molar-refractivity contribution in [1.29, 1.82) is 0 Å². The summed E-state index contributed by atoms with van der Waals surface area (Å²) in [5, 5.41) is 9.88. The number of rotatable bonds is 1. The van der Waals surface area contributed by atoms with Crippen LogP contribution >= 0.6 is 35.6 Å². The van der Waals surface area contributed by atoms with E-state index in [1.165, 1.54) is 11.3 Å². The van der Waals surface area contributed by atoms with E-state index in [9.17, 15) is 4.79 Å². The van der Waals surface area contributed by atoms with Crippen molar-refractivity contribution in [2.24, 2.45) is 0 Å². The normalized spacial score (nSPS) is 10.7. The molecule has 0 atom stereocenters. The Hall–Kier alpha value is -0.710. The first-order valence-electron chi connectivity index (χ1n) is 3.74. The van der Waals surface area contributed by atoms with Gasteiger partial charge in [0, 0.05) is 10.1 Å². The Morgan fingerprint density at radius 3 is 2.86 bits per heavy atom. The highest BCUT2D eigenvalue weighted by Gasteiger charge is 2.14. The monoisotopic (exact) mass is 244 g/mol. The number of benzene rings is 1. The van der Waals surface area contributed by atoms with Crippen LogP contribution in [0.2, 0.25) is 5.02 Å². The summed E-state index contributed by atoms with van der Waals surface area (Å²) in [6, 6.07) is 5.12. The first-order chi connectivity index (χ1) is 6.59. The number of hydrogen-bond donors (Lipinski definition) is 2. The van der Waals surface area contributed by atoms with Gasteiger partial charge in [0.15, 0.2) is 0 Å². The summed E-state index contributed by atoms with van der Waals surface area (Å²) in [7, 11) is 0. The van der Waals surface area contributed by atoms with E-state index in [4.69, 9.17) is 16.7 Å². The maximum absolute atomic E-state index is 10.9. The number of carboxylic acids is 1. The summed E-state index contributed by atoms with van der Waals surface area (Å²) < 4.78 is 1.67. The summed E-state index contributed by atoms with van der Waals surface area (Å²) in [4.78, 5) is 10.9. The molecule has 2 nitrogen and oxygen atoms in total. The molecule has 0 radical (unpaired) electrons. The van der Waals surface area contributed by atoms with E-state index in [0.717, 1.165) is 8.91 Å². The Kier molecular flexibility index (Phi) is 2.43. The number of aromatic carboxylic acids is 1. The lowest BCUT2D eigenvalue weighted by molar-refractivity contribution is 0.0699. The predicted octanol–water partition coefficient (Wildman–Crippen LogP) is 3.54. The molecule has 0 saturated carbocycles. The zero-order valence-corrected chi connectivity index (χ0v) is 9.29. The van der Waals surface area contributed by atoms with Crippen molar-refractivity contribution in [1.82, 2.24) is 0 Å². The smallest absolute Gasteiger partial charge is 0.337 e. The zero-order chi connectivity index (χ0) is 10.3. The van der Waals surface area contributed by atoms with Crippen molar-refractivity contribution in [3.8, 4) is 0 Å². The molecule has 0 aliphatic heterocycles. The number of carboxylic acid groups (broad SMARTS) is 1. The fourth-order valence-electron chi connectivity index (χ4n) is 1.29. The van der Waals surface area contributed by atoms with Crippen molar-refractivity contribution in [3.05, 3.63) is 28.8 Å². The fourth-order valence-corrected chi connectivity index (χ4v) is 2.77. The Morgan fingerprint density at radius 2 is 2.21 bits per heavy atom. The molecule has 0 bridgehead atoms. The molecule has 0 fully saturated rings. The van der Waals surface area contributed by atoms with Crippen molar-refractivity contribution in [2.75, 3.05) is 0 Å². The molecule has 72 valence electrons. The number of hydrogen-bond acceptors (Lipinski definition) is 3. The third-order valence-corrected chi connectivity index (χ3v) is 3.47. The third kappa shape index (κ3) is 1.49. The van der Waals surface area contributed by atoms with Crippen LogP contribution in [0.4, 0.5) is 0 Å². The molecular weight excluding hydrogens is 240 g/mol. The molecule has 1 aromatic carbocycles. The van der Waals surface area contributed by atoms with Crippen molar-refractivity contribution >= 4 is 51.6 Å². The topological polar surface area (TPSA) is 37.3 Å². The SMILES string of the molecule is O=C(O)c1c(Cl)ccc2sc(S)cc12. The molecule has 5 heteroatoms. The average molecular weight is 245 g/mol. The molecule has 0 unspecified atom stereocenters. The largest absolute Gasteiger partial charge is 0.478 e. The minimum Gasteiger partial charge on any atom is -0.478 e. The van der Waals surface area contributed by atoms with Gasteiger partial charge in [-0.1, -0.05) is 11.6 Å². The van der Waals surface area contributed by atoms with Crippen molar-refractivity contribution in [2.45, 2.75) is 4.21 Å². The Balaban J connectivity index is 2.88. The average Bonchev–Trinajstić information content (AvgIpc) is 2.43. The van der Waals surface area contributed by atoms with E-state index >= 15 is 0 Å². The van der Waals surface area contributed by atoms with Gasteiger partial charge in [0.1, 0.15) is 0 Å². The van der Waals surface area contributed by atoms with Crippen LogP contribution in [0, 0.1) is 0 Å². The second kappa shape index (κ2) is 3.46. The van der Waals surface area contributed by atoms with Gasteiger partial charge in [0.25, 0.3) is 0 Å². The van der Waals surface area contributed by atoms with Gasteiger partial charge in [-0.05, 0) is 18.2 Å². The second-order valence-electron chi connectivity index (χ2n) is 2.72. The maximum Gasteiger partial charge on any atom is 0.337 e. The molecule has 1 heterocycles. The molecule has 2 aromatic rings. The van der Waals surface area contributed by atoms with Crippen LogP contribution in [0.5, 0.6) is 0 Å². The van der Waals surface area contributed by atoms with Gasteiger partial charge in [-0.25, -0.2) is 4.79 Å². The third-order valence-electron chi connectivity index (χ3n) is 1.85. The standard InChI is InChI=1S/C9H5ClO2S2/c10-5-1-2-6-4(3-7(13)14-6)8(5)9(11)12/h1-3,13H,(H,11,12). The summed E-state index contributed by atoms with van der Waals surface area (Å²) in [5.41, 5.74) is 0.153. The van der Waals surface area contributed by atoms with Gasteiger partial charge in [0.2, 0.25) is 0 Å². The summed E-state index contributed by atoms with van der Waals surface area (Å²) in [6.45, 7) is 0. The van der Waals surface area contributed by atoms with Crippen LogP contribution in [0.25, 0.3) is 10.1 Å². The molecule has 1 aromatic heterocycles. The highest BCUT2D eigenvalue weighted by atomic mass is 35.5. The van der Waals surface area contributed by atoms with Crippen LogP contribution in [-0.4, -0.2) is 11.1 Å². The molecule has 2 rings (SSSR count). The zero-order valence-electron chi connectivity index (χ0n) is 6.82. The van der Waals surface area contributed by atoms with Gasteiger partial charge in [-0.15, -0.1) is 24.0 Å². The number of carbonyl (C=O) groups is 1. The molecular formula is C9H5ClO2S2. The lowest BCUT2D eigenvalue weighted by Gasteiger charge is -1.99. The number of thiophene rings is 1. The molecule has 0 saturated heterocycles. The molecule has 0 aliphatic rings. The van der Waals surface area contributed by atoms with E-state index in [2.05, 4.69) is 12.6 Å². The molecule has 0 amide bonds. The van der Waals surface area contributed by atoms with E-state index in [1.54, 1.807) is 18.2 Å². The second-order valence-corrected chi connectivity index (χ2v) is 5.00. The highest BCUT2D eigenvalue weighted by molar-refractivity contribution is 7.83. The fraction of sp³-hybridized carbons (Fsp3) is 0. The Bertz CT molecular complexity index is 519. The first-order valence-corrected chi connectivity index (χ1v) is 5.38. The first kappa shape index (κ1) is 9.83. The molecule has 14 heavy (non-hydrogen) atoms. The molecule has 1 N–H and O–H groups in total. The Labute approximate surface area is 94.5 Å². The van der Waals surface area contributed by atoms with E-state index in [-0.39, 0.29) is 10.6 Å². The minimum atomic E-state index is -1.01. The van der Waals surface area contributed by atoms with Gasteiger partial charge in [0.05, 0.1) is 14.8 Å². The van der Waals surface area contributed by atoms with Crippen molar-refractivity contribution in [3.63, 3.8) is 0 Å². The van der Waals surface area contributed by atoms with Crippen LogP contribution in [0.3, 0.4) is 0 Å². The predicted molar refractivity (Wildman–Crippen MR) is 61.0 cm³/mol. The van der Waals surface area contributed by atoms with E-state index in [1.807, 2.05) is 0 Å². The highest BCUT2D eigenvalue weighted by Crippen LogP contribution is 2.33. The minimum absolute atomic E-state index is 0.153. The quantitative estimate of drug-likeness (QED) is 0.753. The van der Waals surface area contributed by atoms with E-state index in [0.29, 0.717) is 5.39 Å². The van der Waals surface area contributed by atoms with Gasteiger partial charge in [-0.3, -0.25) is 0 Å². The summed E-state index contributed by atoms with van der Waals surface area (Å²) >= 11 is 11.4. The molecule has 0 spiro atoms.